The molecular weight excluding hydrogens is 396 g/mol. The fourth-order valence-electron chi connectivity index (χ4n) is 4.46. The molecule has 0 saturated carbocycles. The van der Waals surface area contributed by atoms with E-state index in [0.29, 0.717) is 18.6 Å². The van der Waals surface area contributed by atoms with Crippen LogP contribution in [0.4, 0.5) is 0 Å². The number of benzene rings is 2. The van der Waals surface area contributed by atoms with E-state index in [2.05, 4.69) is 50.9 Å². The molecule has 30 heavy (non-hydrogen) atoms. The largest absolute Gasteiger partial charge is 0.504 e. The second kappa shape index (κ2) is 7.58. The van der Waals surface area contributed by atoms with Crippen molar-refractivity contribution in [3.63, 3.8) is 0 Å². The molecule has 0 fully saturated rings. The number of ether oxygens (including phenoxy) is 1. The number of hydrogen-bond donors (Lipinski definition) is 3. The number of aryl methyl sites for hydroxylation is 1. The van der Waals surface area contributed by atoms with Crippen molar-refractivity contribution < 1.29 is 14.9 Å². The third kappa shape index (κ3) is 3.88. The van der Waals surface area contributed by atoms with Gasteiger partial charge in [0.2, 0.25) is 11.5 Å². The monoisotopic (exact) mass is 424 g/mol. The highest BCUT2D eigenvalue weighted by Gasteiger charge is 2.49. The van der Waals surface area contributed by atoms with Gasteiger partial charge in [0.1, 0.15) is 0 Å². The average Bonchev–Trinajstić information content (AvgIpc) is 2.68. The molecule has 3 N–H and O–H groups in total. The van der Waals surface area contributed by atoms with Crippen LogP contribution in [0, 0.1) is 6.92 Å². The highest BCUT2D eigenvalue weighted by molar-refractivity contribution is 8.13. The number of phenols is 2. The van der Waals surface area contributed by atoms with Gasteiger partial charge in [-0.25, -0.2) is 4.99 Å². The van der Waals surface area contributed by atoms with E-state index in [1.165, 1.54) is 11.6 Å². The van der Waals surface area contributed by atoms with Crippen molar-refractivity contribution in [2.24, 2.45) is 4.99 Å². The lowest BCUT2D eigenvalue weighted by atomic mass is 9.77. The Morgan fingerprint density at radius 2 is 2.10 bits per heavy atom. The topological polar surface area (TPSA) is 74.1 Å². The molecule has 4 rings (SSSR count). The normalized spacial score (nSPS) is 24.4. The van der Waals surface area contributed by atoms with E-state index in [9.17, 15) is 10.2 Å². The fourth-order valence-corrected chi connectivity index (χ4v) is 5.32. The maximum absolute atomic E-state index is 10.7. The van der Waals surface area contributed by atoms with Crippen molar-refractivity contribution in [1.82, 2.24) is 5.32 Å². The van der Waals surface area contributed by atoms with E-state index >= 15 is 0 Å². The zero-order chi connectivity index (χ0) is 21.5. The summed E-state index contributed by atoms with van der Waals surface area (Å²) < 4.78 is 6.42. The quantitative estimate of drug-likeness (QED) is 0.474. The molecule has 5 nitrogen and oxygen atoms in total. The van der Waals surface area contributed by atoms with Crippen LogP contribution >= 0.6 is 11.8 Å². The Hall–Kier alpha value is -2.60. The number of aromatic hydroxyl groups is 2. The van der Waals surface area contributed by atoms with Crippen LogP contribution in [0.15, 0.2) is 54.0 Å². The van der Waals surface area contributed by atoms with Crippen LogP contribution < -0.4 is 10.1 Å². The molecule has 0 amide bonds. The SMILES string of the molecule is C=CCSC1=N[C@]2(C[C@@H](c3cccc(C)c3)c3ccc(O)c(O)c3O2)CC(C)(C)N1. The van der Waals surface area contributed by atoms with E-state index < -0.39 is 5.72 Å². The lowest BCUT2D eigenvalue weighted by molar-refractivity contribution is 0.0108. The van der Waals surface area contributed by atoms with Gasteiger partial charge in [0, 0.05) is 35.6 Å². The molecule has 2 aromatic rings. The smallest absolute Gasteiger partial charge is 0.206 e. The predicted octanol–water partition coefficient (Wildman–Crippen LogP) is 5.06. The number of aliphatic imine (C=N–C) groups is 1. The van der Waals surface area contributed by atoms with Crippen molar-refractivity contribution in [1.29, 1.82) is 0 Å². The molecule has 0 saturated heterocycles. The van der Waals surface area contributed by atoms with Crippen molar-refractivity contribution >= 4 is 16.9 Å². The fraction of sp³-hybridized carbons (Fsp3) is 0.375. The van der Waals surface area contributed by atoms with E-state index in [4.69, 9.17) is 9.73 Å². The van der Waals surface area contributed by atoms with Crippen LogP contribution in [0.2, 0.25) is 0 Å². The van der Waals surface area contributed by atoms with Gasteiger partial charge in [-0.3, -0.25) is 0 Å². The Bertz CT molecular complexity index is 1020. The number of nitrogens with one attached hydrogen (secondary N) is 1. The summed E-state index contributed by atoms with van der Waals surface area (Å²) >= 11 is 1.58. The highest BCUT2D eigenvalue weighted by atomic mass is 32.2. The third-order valence-corrected chi connectivity index (χ3v) is 6.45. The van der Waals surface area contributed by atoms with Gasteiger partial charge in [-0.15, -0.1) is 6.58 Å². The van der Waals surface area contributed by atoms with Crippen molar-refractivity contribution in [2.75, 3.05) is 5.75 Å². The zero-order valence-electron chi connectivity index (χ0n) is 17.6. The highest BCUT2D eigenvalue weighted by Crippen LogP contribution is 2.53. The maximum Gasteiger partial charge on any atom is 0.206 e. The number of hydrogen-bond acceptors (Lipinski definition) is 6. The van der Waals surface area contributed by atoms with Crippen LogP contribution in [-0.4, -0.2) is 32.4 Å². The lowest BCUT2D eigenvalue weighted by Gasteiger charge is -2.47. The first-order chi connectivity index (χ1) is 14.2. The van der Waals surface area contributed by atoms with Crippen molar-refractivity contribution in [3.05, 3.63) is 65.7 Å². The number of thioether (sulfide) groups is 1. The Kier molecular flexibility index (Phi) is 5.22. The first kappa shape index (κ1) is 20.7. The van der Waals surface area contributed by atoms with Crippen molar-refractivity contribution in [2.45, 2.75) is 50.8 Å². The molecule has 0 bridgehead atoms. The van der Waals surface area contributed by atoms with Gasteiger partial charge in [-0.2, -0.15) is 0 Å². The Labute approximate surface area is 181 Å². The maximum atomic E-state index is 10.7. The number of amidine groups is 1. The summed E-state index contributed by atoms with van der Waals surface area (Å²) in [6, 6.07) is 11.8. The number of rotatable bonds is 3. The van der Waals surface area contributed by atoms with Gasteiger partial charge in [0.25, 0.3) is 0 Å². The summed E-state index contributed by atoms with van der Waals surface area (Å²) in [7, 11) is 0. The number of phenolic OH excluding ortho intramolecular Hbond substituents is 2. The lowest BCUT2D eigenvalue weighted by Crippen LogP contribution is -2.57. The minimum Gasteiger partial charge on any atom is -0.504 e. The Morgan fingerprint density at radius 1 is 1.30 bits per heavy atom. The summed E-state index contributed by atoms with van der Waals surface area (Å²) in [6.07, 6.45) is 3.13. The molecule has 2 atom stereocenters. The summed E-state index contributed by atoms with van der Waals surface area (Å²) in [5.74, 6) is 0.635. The van der Waals surface area contributed by atoms with Gasteiger partial charge in [-0.1, -0.05) is 53.7 Å². The Morgan fingerprint density at radius 3 is 2.83 bits per heavy atom. The van der Waals surface area contributed by atoms with Crippen molar-refractivity contribution in [3.8, 4) is 17.2 Å². The Balaban J connectivity index is 1.86. The van der Waals surface area contributed by atoms with Gasteiger partial charge in [-0.05, 0) is 32.4 Å². The average molecular weight is 425 g/mol. The van der Waals surface area contributed by atoms with Gasteiger partial charge < -0.3 is 20.3 Å². The van der Waals surface area contributed by atoms with Gasteiger partial charge >= 0.3 is 0 Å². The molecule has 6 heteroatoms. The second-order valence-corrected chi connectivity index (χ2v) is 9.78. The van der Waals surface area contributed by atoms with E-state index in [-0.39, 0.29) is 23.0 Å². The molecule has 158 valence electrons. The summed E-state index contributed by atoms with van der Waals surface area (Å²) in [6.45, 7) is 10.1. The molecule has 0 aliphatic carbocycles. The minimum absolute atomic E-state index is 0.0107. The van der Waals surface area contributed by atoms with E-state index in [0.717, 1.165) is 22.0 Å². The van der Waals surface area contributed by atoms with Crippen LogP contribution in [0.1, 0.15) is 49.3 Å². The van der Waals surface area contributed by atoms with E-state index in [1.54, 1.807) is 11.8 Å². The van der Waals surface area contributed by atoms with Gasteiger partial charge in [0.15, 0.2) is 16.7 Å². The molecule has 2 aliphatic heterocycles. The standard InChI is InChI=1S/C24H28N2O3S/c1-5-11-30-22-25-23(3,4)14-24(26-22)13-18(16-8-6-7-15(2)12-16)17-9-10-19(27)20(28)21(17)29-24/h5-10,12,18,27-28H,1,11,13-14H2,2-4H3,(H,25,26)/t18-,24-/m0/s1. The molecule has 1 spiro atoms. The molecule has 0 aromatic heterocycles. The zero-order valence-corrected chi connectivity index (χ0v) is 18.4. The third-order valence-electron chi connectivity index (χ3n) is 5.58. The molecule has 2 aromatic carbocycles. The predicted molar refractivity (Wildman–Crippen MR) is 123 cm³/mol. The molecule has 0 unspecified atom stereocenters. The van der Waals surface area contributed by atoms with Gasteiger partial charge in [0.05, 0.1) is 0 Å². The molecule has 2 aliphatic rings. The molecule has 2 heterocycles. The van der Waals surface area contributed by atoms with Crippen LogP contribution in [0.5, 0.6) is 17.2 Å². The first-order valence-corrected chi connectivity index (χ1v) is 11.1. The second-order valence-electron chi connectivity index (χ2n) is 8.77. The summed E-state index contributed by atoms with van der Waals surface area (Å²) in [5.41, 5.74) is 2.11. The van der Waals surface area contributed by atoms with Crippen LogP contribution in [-0.2, 0) is 0 Å². The molecular formula is C24H28N2O3S. The van der Waals surface area contributed by atoms with Crippen LogP contribution in [0.3, 0.4) is 0 Å². The first-order valence-electron chi connectivity index (χ1n) is 10.1. The number of nitrogens with zero attached hydrogens (tertiary/aromatic N) is 1. The summed E-state index contributed by atoms with van der Waals surface area (Å²) in [5, 5.41) is 25.1. The van der Waals surface area contributed by atoms with E-state index in [1.807, 2.05) is 18.2 Å². The molecule has 0 radical (unpaired) electrons. The minimum atomic E-state index is -0.842. The van der Waals surface area contributed by atoms with Crippen LogP contribution in [0.25, 0.3) is 0 Å². The summed E-state index contributed by atoms with van der Waals surface area (Å²) in [4.78, 5) is 4.98. The number of fused-ring (bicyclic) bond motifs is 1.